The van der Waals surface area contributed by atoms with Gasteiger partial charge in [-0.2, -0.15) is 0 Å². The minimum Gasteiger partial charge on any atom is -0.496 e. The second-order valence-electron chi connectivity index (χ2n) is 6.09. The van der Waals surface area contributed by atoms with Gasteiger partial charge in [-0.05, 0) is 11.6 Å². The van der Waals surface area contributed by atoms with Crippen molar-refractivity contribution < 1.29 is 14.3 Å². The summed E-state index contributed by atoms with van der Waals surface area (Å²) in [6.07, 6.45) is 1.49. The monoisotopic (exact) mass is 384 g/mol. The van der Waals surface area contributed by atoms with E-state index in [0.717, 1.165) is 11.3 Å². The van der Waals surface area contributed by atoms with Gasteiger partial charge in [0.15, 0.2) is 0 Å². The van der Waals surface area contributed by atoms with Crippen molar-refractivity contribution in [1.29, 1.82) is 0 Å². The molecule has 0 amide bonds. The highest BCUT2D eigenvalue weighted by Crippen LogP contribution is 2.19. The molecule has 9 nitrogen and oxygen atoms in total. The third-order valence-electron chi connectivity index (χ3n) is 4.20. The molecule has 0 bridgehead atoms. The van der Waals surface area contributed by atoms with Gasteiger partial charge in [0.25, 0.3) is 5.56 Å². The second kappa shape index (κ2) is 8.49. The van der Waals surface area contributed by atoms with Crippen molar-refractivity contribution in [3.8, 4) is 5.75 Å². The van der Waals surface area contributed by atoms with Crippen LogP contribution in [0.25, 0.3) is 11.0 Å². The first-order chi connectivity index (χ1) is 13.5. The van der Waals surface area contributed by atoms with Crippen LogP contribution < -0.4 is 21.3 Å². The summed E-state index contributed by atoms with van der Waals surface area (Å²) in [5.41, 5.74) is 1.11. The van der Waals surface area contributed by atoms with Crippen molar-refractivity contribution >= 4 is 17.0 Å². The molecule has 2 heterocycles. The summed E-state index contributed by atoms with van der Waals surface area (Å²) in [6.45, 7) is 2.06. The molecule has 9 heteroatoms. The molecule has 0 radical (unpaired) electrons. The van der Waals surface area contributed by atoms with Crippen LogP contribution in [0.4, 0.5) is 0 Å². The predicted octanol–water partition coefficient (Wildman–Crippen LogP) is 0.973. The predicted molar refractivity (Wildman–Crippen MR) is 102 cm³/mol. The van der Waals surface area contributed by atoms with Crippen molar-refractivity contribution in [2.45, 2.75) is 26.6 Å². The number of pyridine rings is 1. The summed E-state index contributed by atoms with van der Waals surface area (Å²) in [7, 11) is 1.60. The number of fused-ring (bicyclic) bond motifs is 1. The van der Waals surface area contributed by atoms with Crippen LogP contribution in [0.1, 0.15) is 23.6 Å². The lowest BCUT2D eigenvalue weighted by Crippen LogP contribution is -2.25. The Morgan fingerprint density at radius 1 is 1.14 bits per heavy atom. The van der Waals surface area contributed by atoms with Gasteiger partial charge in [0, 0.05) is 37.3 Å². The van der Waals surface area contributed by atoms with Gasteiger partial charge >= 0.3 is 11.7 Å². The molecule has 0 aliphatic rings. The van der Waals surface area contributed by atoms with Gasteiger partial charge in [0.05, 0.1) is 12.5 Å². The zero-order valence-electron chi connectivity index (χ0n) is 15.5. The standard InChI is InChI=1S/C19H20N4O5/c1-11(24)28-10-13-8-21-17-16(18(25)23-19(26)22-17)14(13)9-20-7-12-5-3-4-6-15(12)27-2/h3-6,8,20H,7,9-10H2,1-2H3,(H2,21,22,23,25,26). The number of nitrogens with zero attached hydrogens (tertiary/aromatic N) is 1. The van der Waals surface area contributed by atoms with Crippen molar-refractivity contribution in [2.24, 2.45) is 0 Å². The van der Waals surface area contributed by atoms with Gasteiger partial charge < -0.3 is 14.8 Å². The summed E-state index contributed by atoms with van der Waals surface area (Å²) in [4.78, 5) is 43.9. The number of carbonyl (C=O) groups excluding carboxylic acids is 1. The Labute approximate surface area is 159 Å². The molecular weight excluding hydrogens is 364 g/mol. The number of H-pyrrole nitrogens is 2. The number of para-hydroxylation sites is 1. The zero-order chi connectivity index (χ0) is 20.1. The molecular formula is C19H20N4O5. The summed E-state index contributed by atoms with van der Waals surface area (Å²) in [5.74, 6) is 0.306. The molecule has 3 aromatic rings. The number of hydrogen-bond donors (Lipinski definition) is 3. The highest BCUT2D eigenvalue weighted by molar-refractivity contribution is 5.78. The Bertz CT molecular complexity index is 1120. The van der Waals surface area contributed by atoms with E-state index in [0.29, 0.717) is 24.2 Å². The molecule has 0 aliphatic heterocycles. The Morgan fingerprint density at radius 2 is 1.93 bits per heavy atom. The van der Waals surface area contributed by atoms with Crippen molar-refractivity contribution in [3.05, 3.63) is 68.0 Å². The first-order valence-electron chi connectivity index (χ1n) is 8.58. The van der Waals surface area contributed by atoms with Gasteiger partial charge in [-0.25, -0.2) is 9.78 Å². The van der Waals surface area contributed by atoms with Crippen LogP contribution in [0, 0.1) is 0 Å². The number of hydrogen-bond acceptors (Lipinski definition) is 7. The van der Waals surface area contributed by atoms with E-state index in [2.05, 4.69) is 20.3 Å². The Balaban J connectivity index is 1.94. The number of aromatic nitrogens is 3. The lowest BCUT2D eigenvalue weighted by molar-refractivity contribution is -0.142. The molecule has 3 N–H and O–H groups in total. The fourth-order valence-corrected chi connectivity index (χ4v) is 2.91. The van der Waals surface area contributed by atoms with E-state index in [1.807, 2.05) is 24.3 Å². The lowest BCUT2D eigenvalue weighted by atomic mass is 10.1. The summed E-state index contributed by atoms with van der Waals surface area (Å²) in [6, 6.07) is 7.58. The maximum atomic E-state index is 12.4. The van der Waals surface area contributed by atoms with Gasteiger partial charge in [0.2, 0.25) is 0 Å². The number of aromatic amines is 2. The number of ether oxygens (including phenoxy) is 2. The first kappa shape index (κ1) is 19.3. The molecule has 0 fully saturated rings. The summed E-state index contributed by atoms with van der Waals surface area (Å²) < 4.78 is 10.4. The molecule has 3 rings (SSSR count). The van der Waals surface area contributed by atoms with Gasteiger partial charge in [-0.1, -0.05) is 18.2 Å². The lowest BCUT2D eigenvalue weighted by Gasteiger charge is -2.14. The highest BCUT2D eigenvalue weighted by Gasteiger charge is 2.14. The van der Waals surface area contributed by atoms with Gasteiger partial charge in [-0.3, -0.25) is 19.6 Å². The number of esters is 1. The summed E-state index contributed by atoms with van der Waals surface area (Å²) in [5, 5.41) is 3.51. The molecule has 0 atom stereocenters. The molecule has 0 aliphatic carbocycles. The van der Waals surface area contributed by atoms with Crippen LogP contribution in [0.3, 0.4) is 0 Å². The third-order valence-corrected chi connectivity index (χ3v) is 4.20. The van der Waals surface area contributed by atoms with E-state index >= 15 is 0 Å². The van der Waals surface area contributed by atoms with E-state index in [-0.39, 0.29) is 17.6 Å². The number of methoxy groups -OCH3 is 1. The van der Waals surface area contributed by atoms with Crippen LogP contribution in [-0.2, 0) is 29.2 Å². The molecule has 146 valence electrons. The SMILES string of the molecule is COc1ccccc1CNCc1c(COC(C)=O)cnc2[nH]c(=O)[nH]c(=O)c12. The highest BCUT2D eigenvalue weighted by atomic mass is 16.5. The van der Waals surface area contributed by atoms with Crippen LogP contribution in [-0.4, -0.2) is 28.0 Å². The average Bonchev–Trinajstić information content (AvgIpc) is 2.66. The van der Waals surface area contributed by atoms with Crippen LogP contribution in [0.15, 0.2) is 40.1 Å². The third kappa shape index (κ3) is 4.26. The number of benzene rings is 1. The van der Waals surface area contributed by atoms with Crippen LogP contribution >= 0.6 is 0 Å². The maximum Gasteiger partial charge on any atom is 0.327 e. The Morgan fingerprint density at radius 3 is 2.68 bits per heavy atom. The average molecular weight is 384 g/mol. The Kier molecular flexibility index (Phi) is 5.85. The number of rotatable bonds is 7. The molecule has 0 saturated carbocycles. The summed E-state index contributed by atoms with van der Waals surface area (Å²) >= 11 is 0. The molecule has 28 heavy (non-hydrogen) atoms. The van der Waals surface area contributed by atoms with E-state index in [1.165, 1.54) is 13.1 Å². The van der Waals surface area contributed by atoms with E-state index in [4.69, 9.17) is 9.47 Å². The van der Waals surface area contributed by atoms with Crippen LogP contribution in [0.5, 0.6) is 5.75 Å². The van der Waals surface area contributed by atoms with Crippen molar-refractivity contribution in [2.75, 3.05) is 7.11 Å². The number of carbonyl (C=O) groups is 1. The zero-order valence-corrected chi connectivity index (χ0v) is 15.5. The molecule has 0 spiro atoms. The van der Waals surface area contributed by atoms with Crippen LogP contribution in [0.2, 0.25) is 0 Å². The van der Waals surface area contributed by atoms with Gasteiger partial charge in [-0.15, -0.1) is 0 Å². The van der Waals surface area contributed by atoms with E-state index in [1.54, 1.807) is 7.11 Å². The van der Waals surface area contributed by atoms with E-state index < -0.39 is 17.2 Å². The first-order valence-corrected chi connectivity index (χ1v) is 8.58. The quantitative estimate of drug-likeness (QED) is 0.518. The number of nitrogens with one attached hydrogen (secondary N) is 3. The molecule has 0 unspecified atom stereocenters. The Hall–Kier alpha value is -3.46. The maximum absolute atomic E-state index is 12.4. The topological polar surface area (TPSA) is 126 Å². The molecule has 2 aromatic heterocycles. The van der Waals surface area contributed by atoms with Gasteiger partial charge in [0.1, 0.15) is 18.0 Å². The molecule has 1 aromatic carbocycles. The van der Waals surface area contributed by atoms with E-state index in [9.17, 15) is 14.4 Å². The fraction of sp³-hybridized carbons (Fsp3) is 0.263. The largest absolute Gasteiger partial charge is 0.496 e. The second-order valence-corrected chi connectivity index (χ2v) is 6.09. The van der Waals surface area contributed by atoms with Crippen molar-refractivity contribution in [1.82, 2.24) is 20.3 Å². The smallest absolute Gasteiger partial charge is 0.327 e. The minimum absolute atomic E-state index is 0.0253. The normalized spacial score (nSPS) is 10.8. The fourth-order valence-electron chi connectivity index (χ4n) is 2.91. The molecule has 0 saturated heterocycles. The minimum atomic E-state index is -0.634. The van der Waals surface area contributed by atoms with Crippen molar-refractivity contribution in [3.63, 3.8) is 0 Å².